The zero-order chi connectivity index (χ0) is 6.62. The van der Waals surface area contributed by atoms with Crippen LogP contribution in [0.4, 0.5) is 0 Å². The Labute approximate surface area is 57.5 Å². The van der Waals surface area contributed by atoms with Crippen molar-refractivity contribution in [1.29, 1.82) is 0 Å². The normalized spacial score (nSPS) is 12.0. The number of rotatable bonds is 3. The molecule has 50 valence electrons. The summed E-state index contributed by atoms with van der Waals surface area (Å²) in [7, 11) is 0. The summed E-state index contributed by atoms with van der Waals surface area (Å²) in [6, 6.07) is 0. The van der Waals surface area contributed by atoms with Crippen LogP contribution in [0.3, 0.4) is 0 Å². The van der Waals surface area contributed by atoms with Gasteiger partial charge in [-0.15, -0.1) is 0 Å². The number of hydrogen-bond donors (Lipinski definition) is 0. The van der Waals surface area contributed by atoms with E-state index in [1.165, 1.54) is 13.3 Å². The predicted octanol–water partition coefficient (Wildman–Crippen LogP) is 3.12. The Morgan fingerprint density at radius 2 is 1.12 bits per heavy atom. The third-order valence-corrected chi connectivity index (χ3v) is 17.2. The van der Waals surface area contributed by atoms with E-state index in [1.54, 1.807) is 0 Å². The Morgan fingerprint density at radius 1 is 0.875 bits per heavy atom. The van der Waals surface area contributed by atoms with Crippen LogP contribution in [-0.2, 0) is 0 Å². The molecule has 0 amide bonds. The van der Waals surface area contributed by atoms with Crippen LogP contribution in [-0.4, -0.2) is 18.4 Å². The van der Waals surface area contributed by atoms with E-state index in [0.29, 0.717) is 0 Å². The summed E-state index contributed by atoms with van der Waals surface area (Å²) < 4.78 is 4.59. The SMILES string of the molecule is C[CH2][Sn]([CH3])([CH2]C)[CH2]C. The van der Waals surface area contributed by atoms with Gasteiger partial charge >= 0.3 is 57.4 Å². The monoisotopic (exact) mass is 222 g/mol. The van der Waals surface area contributed by atoms with Gasteiger partial charge in [-0.2, -0.15) is 0 Å². The van der Waals surface area contributed by atoms with Gasteiger partial charge in [0.2, 0.25) is 0 Å². The predicted molar refractivity (Wildman–Crippen MR) is 43.1 cm³/mol. The van der Waals surface area contributed by atoms with Crippen molar-refractivity contribution in [2.45, 2.75) is 39.0 Å². The van der Waals surface area contributed by atoms with Gasteiger partial charge < -0.3 is 0 Å². The molecule has 0 unspecified atom stereocenters. The molecule has 0 radical (unpaired) electrons. The molecule has 0 bridgehead atoms. The Morgan fingerprint density at radius 3 is 1.12 bits per heavy atom. The van der Waals surface area contributed by atoms with Crippen LogP contribution in [0.15, 0.2) is 0 Å². The molecule has 1 heteroatoms. The number of hydrogen-bond acceptors (Lipinski definition) is 0. The molecule has 0 nitrogen and oxygen atoms in total. The topological polar surface area (TPSA) is 0 Å². The minimum absolute atomic E-state index is 1.34. The summed E-state index contributed by atoms with van der Waals surface area (Å²) >= 11 is -1.34. The molecular weight excluding hydrogens is 203 g/mol. The molecule has 0 aromatic rings. The van der Waals surface area contributed by atoms with Crippen molar-refractivity contribution in [3.05, 3.63) is 0 Å². The molecule has 0 aliphatic carbocycles. The molecule has 0 fully saturated rings. The quantitative estimate of drug-likeness (QED) is 0.642. The molecule has 0 aliphatic rings. The first kappa shape index (κ1) is 8.80. The second-order valence-electron chi connectivity index (χ2n) is 2.87. The van der Waals surface area contributed by atoms with Gasteiger partial charge in [-0.05, 0) is 0 Å². The average Bonchev–Trinajstić information content (AvgIpc) is 1.87. The van der Waals surface area contributed by atoms with Gasteiger partial charge in [0.05, 0.1) is 0 Å². The Hall–Kier alpha value is 0.799. The fourth-order valence-corrected chi connectivity index (χ4v) is 5.03. The van der Waals surface area contributed by atoms with Crippen LogP contribution < -0.4 is 0 Å². The molecule has 8 heavy (non-hydrogen) atoms. The van der Waals surface area contributed by atoms with Crippen molar-refractivity contribution in [3.8, 4) is 0 Å². The van der Waals surface area contributed by atoms with Crippen molar-refractivity contribution >= 4 is 18.4 Å². The first-order valence-electron chi connectivity index (χ1n) is 3.68. The Kier molecular flexibility index (Phi) is 4.13. The van der Waals surface area contributed by atoms with Crippen LogP contribution in [0.25, 0.3) is 0 Å². The zero-order valence-corrected chi connectivity index (χ0v) is 9.48. The van der Waals surface area contributed by atoms with E-state index >= 15 is 0 Å². The van der Waals surface area contributed by atoms with Crippen LogP contribution in [0.1, 0.15) is 20.8 Å². The summed E-state index contributed by atoms with van der Waals surface area (Å²) in [5.74, 6) is 0. The van der Waals surface area contributed by atoms with Crippen molar-refractivity contribution < 1.29 is 0 Å². The maximum absolute atomic E-state index is 2.56. The van der Waals surface area contributed by atoms with Crippen molar-refractivity contribution in [1.82, 2.24) is 0 Å². The van der Waals surface area contributed by atoms with Gasteiger partial charge in [-0.1, -0.05) is 0 Å². The zero-order valence-electron chi connectivity index (χ0n) is 6.62. The van der Waals surface area contributed by atoms with E-state index in [0.717, 1.165) is 0 Å². The minimum atomic E-state index is -1.34. The molecule has 0 aromatic carbocycles. The molecule has 0 saturated carbocycles. The fraction of sp³-hybridized carbons (Fsp3) is 1.00. The molecule has 0 aliphatic heterocycles. The molecule has 0 atom stereocenters. The summed E-state index contributed by atoms with van der Waals surface area (Å²) in [5.41, 5.74) is 0. The van der Waals surface area contributed by atoms with E-state index in [-0.39, 0.29) is 0 Å². The van der Waals surface area contributed by atoms with Crippen LogP contribution in [0.5, 0.6) is 0 Å². The molecule has 0 spiro atoms. The molecule has 0 saturated heterocycles. The van der Waals surface area contributed by atoms with E-state index < -0.39 is 18.4 Å². The van der Waals surface area contributed by atoms with Crippen LogP contribution in [0.2, 0.25) is 18.2 Å². The third-order valence-electron chi connectivity index (χ3n) is 2.56. The van der Waals surface area contributed by atoms with E-state index in [2.05, 4.69) is 25.7 Å². The molecule has 0 N–H and O–H groups in total. The maximum atomic E-state index is 2.56. The summed E-state index contributed by atoms with van der Waals surface area (Å²) in [6.45, 7) is 7.09. The first-order valence-corrected chi connectivity index (χ1v) is 12.6. The fourth-order valence-electron chi connectivity index (χ4n) is 0.750. The summed E-state index contributed by atoms with van der Waals surface area (Å²) in [6.07, 6.45) is 0. The second-order valence-corrected chi connectivity index (χ2v) is 19.3. The van der Waals surface area contributed by atoms with Gasteiger partial charge in [-0.3, -0.25) is 0 Å². The van der Waals surface area contributed by atoms with Gasteiger partial charge in [0, 0.05) is 0 Å². The van der Waals surface area contributed by atoms with Gasteiger partial charge in [0.25, 0.3) is 0 Å². The third kappa shape index (κ3) is 2.38. The van der Waals surface area contributed by atoms with Crippen molar-refractivity contribution in [2.24, 2.45) is 0 Å². The Balaban J connectivity index is 3.58. The molecule has 0 aromatic heterocycles. The van der Waals surface area contributed by atoms with Gasteiger partial charge in [-0.25, -0.2) is 0 Å². The standard InChI is InChI=1S/3C2H5.CH3.Sn/c3*1-2;;/h3*1H2,2H3;1H3;. The second kappa shape index (κ2) is 3.75. The van der Waals surface area contributed by atoms with E-state index in [9.17, 15) is 0 Å². The average molecular weight is 221 g/mol. The van der Waals surface area contributed by atoms with Gasteiger partial charge in [0.15, 0.2) is 0 Å². The molecule has 0 rings (SSSR count). The first-order chi connectivity index (χ1) is 3.68. The summed E-state index contributed by atoms with van der Waals surface area (Å²) in [4.78, 5) is 2.56. The van der Waals surface area contributed by atoms with Crippen molar-refractivity contribution in [3.63, 3.8) is 0 Å². The van der Waals surface area contributed by atoms with Crippen LogP contribution >= 0.6 is 0 Å². The van der Waals surface area contributed by atoms with Gasteiger partial charge in [0.1, 0.15) is 0 Å². The van der Waals surface area contributed by atoms with E-state index in [1.807, 2.05) is 0 Å². The van der Waals surface area contributed by atoms with Crippen LogP contribution in [0, 0.1) is 0 Å². The summed E-state index contributed by atoms with van der Waals surface area (Å²) in [5, 5.41) is 0. The molecule has 0 heterocycles. The molecular formula is C7H18Sn. The van der Waals surface area contributed by atoms with E-state index in [4.69, 9.17) is 0 Å². The van der Waals surface area contributed by atoms with Crippen molar-refractivity contribution in [2.75, 3.05) is 0 Å². The Bertz CT molecular complexity index is 47.1.